The molecular formula is C13H25N3O2. The van der Waals surface area contributed by atoms with Crippen LogP contribution in [0.2, 0.25) is 0 Å². The molecule has 0 aliphatic carbocycles. The predicted molar refractivity (Wildman–Crippen MR) is 71.7 cm³/mol. The minimum Gasteiger partial charge on any atom is -0.382 e. The lowest BCUT2D eigenvalue weighted by Crippen LogP contribution is -2.20. The van der Waals surface area contributed by atoms with Gasteiger partial charge in [0.25, 0.3) is 0 Å². The Hall–Kier alpha value is -0.910. The van der Waals surface area contributed by atoms with Gasteiger partial charge in [-0.25, -0.2) is 0 Å². The van der Waals surface area contributed by atoms with Gasteiger partial charge in [-0.3, -0.25) is 4.68 Å². The second kappa shape index (κ2) is 8.24. The highest BCUT2D eigenvalue weighted by atomic mass is 16.5. The fourth-order valence-corrected chi connectivity index (χ4v) is 1.79. The quantitative estimate of drug-likeness (QED) is 0.676. The van der Waals surface area contributed by atoms with E-state index in [4.69, 9.17) is 9.47 Å². The van der Waals surface area contributed by atoms with Crippen molar-refractivity contribution in [3.05, 3.63) is 17.5 Å². The first kappa shape index (κ1) is 15.1. The maximum absolute atomic E-state index is 5.39. The summed E-state index contributed by atoms with van der Waals surface area (Å²) in [5.74, 6) is 0.459. The number of methoxy groups -OCH3 is 1. The molecule has 18 heavy (non-hydrogen) atoms. The minimum absolute atomic E-state index is 0.459. The third-order valence-electron chi connectivity index (χ3n) is 2.65. The van der Waals surface area contributed by atoms with Gasteiger partial charge in [-0.15, -0.1) is 0 Å². The van der Waals surface area contributed by atoms with Crippen molar-refractivity contribution in [1.82, 2.24) is 15.1 Å². The molecule has 5 heteroatoms. The predicted octanol–water partition coefficient (Wildman–Crippen LogP) is 1.30. The van der Waals surface area contributed by atoms with Gasteiger partial charge in [0, 0.05) is 39.0 Å². The summed E-state index contributed by atoms with van der Waals surface area (Å²) in [6.45, 7) is 8.04. The Bertz CT molecular complexity index is 337. The molecule has 1 aromatic heterocycles. The zero-order chi connectivity index (χ0) is 13.4. The Morgan fingerprint density at radius 1 is 1.33 bits per heavy atom. The van der Waals surface area contributed by atoms with Crippen LogP contribution in [-0.2, 0) is 23.1 Å². The molecule has 0 unspecified atom stereocenters. The summed E-state index contributed by atoms with van der Waals surface area (Å²) in [5.41, 5.74) is 2.44. The van der Waals surface area contributed by atoms with Crippen molar-refractivity contribution in [3.63, 3.8) is 0 Å². The summed E-state index contributed by atoms with van der Waals surface area (Å²) in [6.07, 6.45) is 2.08. The number of nitrogens with one attached hydrogen (secondary N) is 1. The third-order valence-corrected chi connectivity index (χ3v) is 2.65. The Labute approximate surface area is 109 Å². The molecular weight excluding hydrogens is 230 g/mol. The lowest BCUT2D eigenvalue weighted by molar-refractivity contribution is 0.0719. The zero-order valence-electron chi connectivity index (χ0n) is 11.9. The summed E-state index contributed by atoms with van der Waals surface area (Å²) in [5, 5.41) is 7.85. The number of hydrogen-bond donors (Lipinski definition) is 1. The lowest BCUT2D eigenvalue weighted by atomic mass is 10.1. The molecule has 0 saturated carbocycles. The van der Waals surface area contributed by atoms with Crippen LogP contribution < -0.4 is 5.32 Å². The fourth-order valence-electron chi connectivity index (χ4n) is 1.79. The lowest BCUT2D eigenvalue weighted by Gasteiger charge is -2.07. The van der Waals surface area contributed by atoms with E-state index >= 15 is 0 Å². The van der Waals surface area contributed by atoms with Crippen LogP contribution in [0.15, 0.2) is 6.20 Å². The molecule has 0 spiro atoms. The molecule has 1 aromatic rings. The second-order valence-electron chi connectivity index (χ2n) is 4.65. The van der Waals surface area contributed by atoms with Crippen LogP contribution in [0, 0.1) is 0 Å². The number of rotatable bonds is 9. The summed E-state index contributed by atoms with van der Waals surface area (Å²) in [4.78, 5) is 0. The average Bonchev–Trinajstić information content (AvgIpc) is 2.69. The average molecular weight is 255 g/mol. The second-order valence-corrected chi connectivity index (χ2v) is 4.65. The molecule has 104 valence electrons. The van der Waals surface area contributed by atoms with Crippen molar-refractivity contribution >= 4 is 0 Å². The van der Waals surface area contributed by atoms with E-state index in [1.807, 2.05) is 11.7 Å². The van der Waals surface area contributed by atoms with Crippen LogP contribution >= 0.6 is 0 Å². The molecule has 5 nitrogen and oxygen atoms in total. The summed E-state index contributed by atoms with van der Waals surface area (Å²) in [7, 11) is 3.64. The first-order chi connectivity index (χ1) is 8.65. The van der Waals surface area contributed by atoms with Gasteiger partial charge in [0.15, 0.2) is 0 Å². The van der Waals surface area contributed by atoms with Gasteiger partial charge in [-0.1, -0.05) is 13.8 Å². The smallest absolute Gasteiger partial charge is 0.0700 e. The summed E-state index contributed by atoms with van der Waals surface area (Å²) in [6, 6.07) is 0. The van der Waals surface area contributed by atoms with E-state index in [9.17, 15) is 0 Å². The van der Waals surface area contributed by atoms with Gasteiger partial charge < -0.3 is 14.8 Å². The molecule has 0 amide bonds. The van der Waals surface area contributed by atoms with E-state index in [0.717, 1.165) is 13.1 Å². The van der Waals surface area contributed by atoms with Crippen LogP contribution in [-0.4, -0.2) is 43.3 Å². The fraction of sp³-hybridized carbons (Fsp3) is 0.769. The molecule has 1 heterocycles. The summed E-state index contributed by atoms with van der Waals surface area (Å²) >= 11 is 0. The normalized spacial score (nSPS) is 11.4. The molecule has 0 aliphatic rings. The Kier molecular flexibility index (Phi) is 6.93. The van der Waals surface area contributed by atoms with E-state index < -0.39 is 0 Å². The number of nitrogens with zero attached hydrogens (tertiary/aromatic N) is 2. The van der Waals surface area contributed by atoms with Crippen molar-refractivity contribution in [2.24, 2.45) is 7.05 Å². The molecule has 0 aromatic carbocycles. The van der Waals surface area contributed by atoms with Gasteiger partial charge in [-0.2, -0.15) is 5.10 Å². The maximum Gasteiger partial charge on any atom is 0.0700 e. The zero-order valence-corrected chi connectivity index (χ0v) is 11.9. The number of aryl methyl sites for hydroxylation is 1. The first-order valence-electron chi connectivity index (χ1n) is 6.45. The van der Waals surface area contributed by atoms with Gasteiger partial charge in [0.2, 0.25) is 0 Å². The van der Waals surface area contributed by atoms with E-state index in [0.29, 0.717) is 25.7 Å². The maximum atomic E-state index is 5.39. The first-order valence-corrected chi connectivity index (χ1v) is 6.45. The Morgan fingerprint density at radius 2 is 2.11 bits per heavy atom. The van der Waals surface area contributed by atoms with Crippen molar-refractivity contribution in [2.45, 2.75) is 26.3 Å². The van der Waals surface area contributed by atoms with Crippen LogP contribution in [0.5, 0.6) is 0 Å². The van der Waals surface area contributed by atoms with Gasteiger partial charge >= 0.3 is 0 Å². The highest BCUT2D eigenvalue weighted by Gasteiger charge is 2.10. The Morgan fingerprint density at radius 3 is 2.78 bits per heavy atom. The van der Waals surface area contributed by atoms with Crippen molar-refractivity contribution < 1.29 is 9.47 Å². The summed E-state index contributed by atoms with van der Waals surface area (Å²) < 4.78 is 12.2. The van der Waals surface area contributed by atoms with Crippen LogP contribution in [0.4, 0.5) is 0 Å². The molecule has 0 atom stereocenters. The van der Waals surface area contributed by atoms with Crippen molar-refractivity contribution in [3.8, 4) is 0 Å². The van der Waals surface area contributed by atoms with E-state index in [1.165, 1.54) is 11.3 Å². The molecule has 0 fully saturated rings. The molecule has 1 N–H and O–H groups in total. The molecule has 0 bridgehead atoms. The highest BCUT2D eigenvalue weighted by molar-refractivity contribution is 5.19. The van der Waals surface area contributed by atoms with E-state index in [-0.39, 0.29) is 0 Å². The van der Waals surface area contributed by atoms with Crippen LogP contribution in [0.1, 0.15) is 31.0 Å². The standard InChI is InChI=1S/C13H25N3O2/c1-11(2)13-12(10-16(3)15-13)9-14-5-6-18-8-7-17-4/h10-11,14H,5-9H2,1-4H3. The van der Waals surface area contributed by atoms with Crippen LogP contribution in [0.25, 0.3) is 0 Å². The molecule has 0 radical (unpaired) electrons. The largest absolute Gasteiger partial charge is 0.382 e. The van der Waals surface area contributed by atoms with Gasteiger partial charge in [0.05, 0.1) is 25.5 Å². The van der Waals surface area contributed by atoms with Crippen molar-refractivity contribution in [2.75, 3.05) is 33.5 Å². The SMILES string of the molecule is COCCOCCNCc1cn(C)nc1C(C)C. The topological polar surface area (TPSA) is 48.3 Å². The minimum atomic E-state index is 0.459. The van der Waals surface area contributed by atoms with Gasteiger partial charge in [-0.05, 0) is 5.92 Å². The van der Waals surface area contributed by atoms with E-state index in [2.05, 4.69) is 30.5 Å². The highest BCUT2D eigenvalue weighted by Crippen LogP contribution is 2.16. The molecule has 0 saturated heterocycles. The van der Waals surface area contributed by atoms with Gasteiger partial charge in [0.1, 0.15) is 0 Å². The molecule has 1 rings (SSSR count). The number of hydrogen-bond acceptors (Lipinski definition) is 4. The van der Waals surface area contributed by atoms with E-state index in [1.54, 1.807) is 7.11 Å². The monoisotopic (exact) mass is 255 g/mol. The number of aromatic nitrogens is 2. The molecule has 0 aliphatic heterocycles. The Balaban J connectivity index is 2.22. The van der Waals surface area contributed by atoms with Crippen LogP contribution in [0.3, 0.4) is 0 Å². The number of ether oxygens (including phenoxy) is 2. The van der Waals surface area contributed by atoms with Crippen molar-refractivity contribution in [1.29, 1.82) is 0 Å². The third kappa shape index (κ3) is 5.16.